The monoisotopic (exact) mass is 276 g/mol. The Morgan fingerprint density at radius 3 is 2.33 bits per heavy atom. The topological polar surface area (TPSA) is 60.9 Å². The zero-order valence-electron chi connectivity index (χ0n) is 11.1. The predicted molar refractivity (Wildman–Crippen MR) is 70.3 cm³/mol. The molecule has 2 aliphatic heterocycles. The molecule has 106 valence electrons. The zero-order chi connectivity index (χ0) is 13.2. The molecule has 0 radical (unpaired) electrons. The van der Waals surface area contributed by atoms with Crippen molar-refractivity contribution in [2.45, 2.75) is 32.6 Å². The van der Waals surface area contributed by atoms with Crippen LogP contribution in [0.15, 0.2) is 0 Å². The van der Waals surface area contributed by atoms with Gasteiger partial charge in [0.05, 0.1) is 0 Å². The summed E-state index contributed by atoms with van der Waals surface area (Å²) in [5.74, 6) is 0.736. The summed E-state index contributed by atoms with van der Waals surface area (Å²) in [6.45, 7) is 4.71. The largest absolute Gasteiger partial charge is 0.396 e. The third kappa shape index (κ3) is 3.04. The van der Waals surface area contributed by atoms with E-state index in [4.69, 9.17) is 5.11 Å². The first-order chi connectivity index (χ1) is 8.54. The van der Waals surface area contributed by atoms with Crippen LogP contribution in [0.3, 0.4) is 0 Å². The van der Waals surface area contributed by atoms with Crippen molar-refractivity contribution in [2.75, 3.05) is 32.8 Å². The van der Waals surface area contributed by atoms with E-state index in [2.05, 4.69) is 6.92 Å². The van der Waals surface area contributed by atoms with Gasteiger partial charge in [-0.3, -0.25) is 0 Å². The summed E-state index contributed by atoms with van der Waals surface area (Å²) in [6, 6.07) is 0. The lowest BCUT2D eigenvalue weighted by atomic mass is 10.00. The van der Waals surface area contributed by atoms with Crippen molar-refractivity contribution in [3.05, 3.63) is 0 Å². The van der Waals surface area contributed by atoms with Crippen molar-refractivity contribution < 1.29 is 13.5 Å². The molecule has 0 aliphatic carbocycles. The molecule has 0 amide bonds. The molecular formula is C12H24N2O3S. The molecule has 18 heavy (non-hydrogen) atoms. The standard InChI is InChI=1S/C12H24N2O3S/c1-11-3-2-6-14(9-11)18(16,17)13-7-4-12(10-15)5-8-13/h11-12,15H,2-10H2,1H3. The van der Waals surface area contributed by atoms with Gasteiger partial charge >= 0.3 is 0 Å². The number of hydrogen-bond donors (Lipinski definition) is 1. The molecule has 2 rings (SSSR count). The highest BCUT2D eigenvalue weighted by molar-refractivity contribution is 7.86. The summed E-state index contributed by atoms with van der Waals surface area (Å²) in [5, 5.41) is 9.09. The van der Waals surface area contributed by atoms with E-state index in [1.54, 1.807) is 8.61 Å². The van der Waals surface area contributed by atoms with E-state index in [-0.39, 0.29) is 12.5 Å². The van der Waals surface area contributed by atoms with Crippen molar-refractivity contribution in [3.8, 4) is 0 Å². The molecule has 5 nitrogen and oxygen atoms in total. The molecule has 1 atom stereocenters. The molecule has 2 heterocycles. The second kappa shape index (κ2) is 5.86. The normalized spacial score (nSPS) is 29.6. The molecule has 2 aliphatic rings. The highest BCUT2D eigenvalue weighted by atomic mass is 32.2. The van der Waals surface area contributed by atoms with Gasteiger partial charge in [-0.05, 0) is 37.5 Å². The molecule has 0 bridgehead atoms. The van der Waals surface area contributed by atoms with Crippen LogP contribution in [0.2, 0.25) is 0 Å². The van der Waals surface area contributed by atoms with Crippen LogP contribution < -0.4 is 0 Å². The highest BCUT2D eigenvalue weighted by Crippen LogP contribution is 2.24. The molecule has 2 saturated heterocycles. The van der Waals surface area contributed by atoms with Crippen LogP contribution in [0.25, 0.3) is 0 Å². The van der Waals surface area contributed by atoms with Crippen LogP contribution in [0.1, 0.15) is 32.6 Å². The minimum Gasteiger partial charge on any atom is -0.396 e. The number of aliphatic hydroxyl groups is 1. The summed E-state index contributed by atoms with van der Waals surface area (Å²) < 4.78 is 28.2. The number of piperidine rings is 2. The smallest absolute Gasteiger partial charge is 0.281 e. The van der Waals surface area contributed by atoms with E-state index in [0.29, 0.717) is 32.1 Å². The van der Waals surface area contributed by atoms with Gasteiger partial charge < -0.3 is 5.11 Å². The van der Waals surface area contributed by atoms with Gasteiger partial charge in [0.1, 0.15) is 0 Å². The fourth-order valence-electron chi connectivity index (χ4n) is 2.84. The molecule has 1 N–H and O–H groups in total. The molecule has 0 spiro atoms. The molecule has 0 saturated carbocycles. The Bertz CT molecular complexity index is 364. The van der Waals surface area contributed by atoms with Crippen LogP contribution >= 0.6 is 0 Å². The lowest BCUT2D eigenvalue weighted by Crippen LogP contribution is -2.50. The molecular weight excluding hydrogens is 252 g/mol. The van der Waals surface area contributed by atoms with Gasteiger partial charge in [-0.1, -0.05) is 6.92 Å². The quantitative estimate of drug-likeness (QED) is 0.824. The van der Waals surface area contributed by atoms with Gasteiger partial charge in [-0.2, -0.15) is 17.0 Å². The zero-order valence-corrected chi connectivity index (χ0v) is 11.9. The van der Waals surface area contributed by atoms with Gasteiger partial charge in [-0.25, -0.2) is 0 Å². The average molecular weight is 276 g/mol. The fraction of sp³-hybridized carbons (Fsp3) is 1.00. The van der Waals surface area contributed by atoms with Gasteiger partial charge in [0, 0.05) is 32.8 Å². The fourth-order valence-corrected chi connectivity index (χ4v) is 4.64. The average Bonchev–Trinajstić information content (AvgIpc) is 2.39. The minimum absolute atomic E-state index is 0.175. The maximum atomic E-state index is 12.5. The van der Waals surface area contributed by atoms with Crippen LogP contribution in [-0.2, 0) is 10.2 Å². The summed E-state index contributed by atoms with van der Waals surface area (Å²) in [4.78, 5) is 0. The van der Waals surface area contributed by atoms with Crippen molar-refractivity contribution in [1.29, 1.82) is 0 Å². The van der Waals surface area contributed by atoms with Crippen LogP contribution in [0.4, 0.5) is 0 Å². The molecule has 1 unspecified atom stereocenters. The Morgan fingerprint density at radius 1 is 1.11 bits per heavy atom. The first-order valence-electron chi connectivity index (χ1n) is 6.90. The molecule has 0 aromatic heterocycles. The third-order valence-corrected chi connectivity index (χ3v) is 6.11. The van der Waals surface area contributed by atoms with Gasteiger partial charge in [0.2, 0.25) is 0 Å². The number of rotatable bonds is 3. The predicted octanol–water partition coefficient (Wildman–Crippen LogP) is 0.667. The number of nitrogens with zero attached hydrogens (tertiary/aromatic N) is 2. The van der Waals surface area contributed by atoms with Gasteiger partial charge in [-0.15, -0.1) is 0 Å². The SMILES string of the molecule is CC1CCCN(S(=O)(=O)N2CCC(CO)CC2)C1. The summed E-state index contributed by atoms with van der Waals surface area (Å²) in [6.07, 6.45) is 3.64. The summed E-state index contributed by atoms with van der Waals surface area (Å²) >= 11 is 0. The Balaban J connectivity index is 1.98. The second-order valence-electron chi connectivity index (χ2n) is 5.64. The Labute approximate surface area is 110 Å². The first kappa shape index (κ1) is 14.2. The highest BCUT2D eigenvalue weighted by Gasteiger charge is 2.34. The molecule has 2 fully saturated rings. The van der Waals surface area contributed by atoms with Crippen LogP contribution in [0, 0.1) is 11.8 Å². The van der Waals surface area contributed by atoms with Crippen molar-refractivity contribution in [3.63, 3.8) is 0 Å². The number of aliphatic hydroxyl groups excluding tert-OH is 1. The van der Waals surface area contributed by atoms with E-state index in [0.717, 1.165) is 25.7 Å². The van der Waals surface area contributed by atoms with E-state index < -0.39 is 10.2 Å². The molecule has 0 aromatic rings. The van der Waals surface area contributed by atoms with Crippen molar-refractivity contribution in [1.82, 2.24) is 8.61 Å². The van der Waals surface area contributed by atoms with E-state index >= 15 is 0 Å². The van der Waals surface area contributed by atoms with E-state index in [9.17, 15) is 8.42 Å². The summed E-state index contributed by atoms with van der Waals surface area (Å²) in [7, 11) is -3.26. The van der Waals surface area contributed by atoms with E-state index in [1.807, 2.05) is 0 Å². The maximum absolute atomic E-state index is 12.5. The van der Waals surface area contributed by atoms with Crippen LogP contribution in [0.5, 0.6) is 0 Å². The molecule has 6 heteroatoms. The number of hydrogen-bond acceptors (Lipinski definition) is 3. The van der Waals surface area contributed by atoms with Crippen molar-refractivity contribution >= 4 is 10.2 Å². The Hall–Kier alpha value is -0.170. The Kier molecular flexibility index (Phi) is 4.64. The summed E-state index contributed by atoms with van der Waals surface area (Å²) in [5.41, 5.74) is 0. The lowest BCUT2D eigenvalue weighted by Gasteiger charge is -2.37. The lowest BCUT2D eigenvalue weighted by molar-refractivity contribution is 0.163. The minimum atomic E-state index is -3.26. The van der Waals surface area contributed by atoms with E-state index in [1.165, 1.54) is 0 Å². The molecule has 0 aromatic carbocycles. The first-order valence-corrected chi connectivity index (χ1v) is 8.30. The second-order valence-corrected chi connectivity index (χ2v) is 7.57. The van der Waals surface area contributed by atoms with Crippen LogP contribution in [-0.4, -0.2) is 54.9 Å². The Morgan fingerprint density at radius 2 is 1.78 bits per heavy atom. The maximum Gasteiger partial charge on any atom is 0.281 e. The van der Waals surface area contributed by atoms with Gasteiger partial charge in [0.25, 0.3) is 10.2 Å². The van der Waals surface area contributed by atoms with Gasteiger partial charge in [0.15, 0.2) is 0 Å². The third-order valence-electron chi connectivity index (χ3n) is 4.10. The van der Waals surface area contributed by atoms with Crippen molar-refractivity contribution in [2.24, 2.45) is 11.8 Å².